The van der Waals surface area contributed by atoms with Crippen LogP contribution >= 0.6 is 11.6 Å². The first-order valence-corrected chi connectivity index (χ1v) is 13.9. The summed E-state index contributed by atoms with van der Waals surface area (Å²) in [5.74, 6) is 0.280. The standard InChI is InChI=1S/C27H43ClN4O5/c1-29-17-23(24(33)19-8-4-3-5-9-19)31-26(34)32-14-7-11-21(18-32)25(20-10-6-12-22(28)16-20)37-15-13-30-27(35)36-2/h6,10,12,16,19,21,23-25,29,33H,3-5,7-9,11,13-15,17-18H2,1-2H3,(H,30,35)(H,31,34)/t21-,23-,24-,25?/m1/s1. The van der Waals surface area contributed by atoms with Crippen molar-refractivity contribution in [3.8, 4) is 0 Å². The Morgan fingerprint density at radius 1 is 1.16 bits per heavy atom. The number of piperidine rings is 1. The highest BCUT2D eigenvalue weighted by atomic mass is 35.5. The van der Waals surface area contributed by atoms with Gasteiger partial charge in [0.25, 0.3) is 0 Å². The predicted octanol–water partition coefficient (Wildman–Crippen LogP) is 3.70. The minimum atomic E-state index is -0.567. The lowest BCUT2D eigenvalue weighted by Gasteiger charge is -2.39. The van der Waals surface area contributed by atoms with Crippen molar-refractivity contribution in [3.05, 3.63) is 34.9 Å². The van der Waals surface area contributed by atoms with Crippen molar-refractivity contribution >= 4 is 23.7 Å². The first-order valence-electron chi connectivity index (χ1n) is 13.5. The van der Waals surface area contributed by atoms with E-state index < -0.39 is 12.2 Å². The summed E-state index contributed by atoms with van der Waals surface area (Å²) in [5, 5.41) is 20.6. The minimum absolute atomic E-state index is 0.0575. The molecule has 3 rings (SSSR count). The molecule has 1 aliphatic carbocycles. The molecule has 9 nitrogen and oxygen atoms in total. The average molecular weight is 539 g/mol. The Kier molecular flexibility index (Phi) is 12.2. The number of nitrogens with zero attached hydrogens (tertiary/aromatic N) is 1. The number of alkyl carbamates (subject to hydrolysis) is 1. The number of urea groups is 1. The Morgan fingerprint density at radius 2 is 1.92 bits per heavy atom. The van der Waals surface area contributed by atoms with E-state index in [1.165, 1.54) is 13.5 Å². The molecule has 1 aromatic carbocycles. The van der Waals surface area contributed by atoms with Crippen molar-refractivity contribution in [2.75, 3.05) is 46.9 Å². The largest absolute Gasteiger partial charge is 0.453 e. The van der Waals surface area contributed by atoms with Crippen LogP contribution in [0.4, 0.5) is 9.59 Å². The Hall–Kier alpha value is -2.07. The van der Waals surface area contributed by atoms with Gasteiger partial charge in [-0.1, -0.05) is 43.0 Å². The van der Waals surface area contributed by atoms with E-state index in [9.17, 15) is 14.7 Å². The second-order valence-corrected chi connectivity index (χ2v) is 10.6. The zero-order valence-electron chi connectivity index (χ0n) is 22.1. The molecule has 1 saturated carbocycles. The topological polar surface area (TPSA) is 112 Å². The first-order chi connectivity index (χ1) is 17.9. The molecule has 37 heavy (non-hydrogen) atoms. The van der Waals surface area contributed by atoms with Gasteiger partial charge in [0, 0.05) is 37.1 Å². The van der Waals surface area contributed by atoms with Gasteiger partial charge in [-0.3, -0.25) is 0 Å². The smallest absolute Gasteiger partial charge is 0.406 e. The third-order valence-corrected chi connectivity index (χ3v) is 7.72. The van der Waals surface area contributed by atoms with Crippen LogP contribution in [0.15, 0.2) is 24.3 Å². The van der Waals surface area contributed by atoms with Gasteiger partial charge < -0.3 is 35.4 Å². The van der Waals surface area contributed by atoms with Crippen molar-refractivity contribution in [1.82, 2.24) is 20.9 Å². The van der Waals surface area contributed by atoms with Gasteiger partial charge in [-0.15, -0.1) is 0 Å². The lowest BCUT2D eigenvalue weighted by Crippen LogP contribution is -2.56. The average Bonchev–Trinajstić information content (AvgIpc) is 2.92. The number of likely N-dealkylation sites (N-methyl/N-ethyl adjacent to an activating group) is 1. The number of benzene rings is 1. The number of carbonyl (C=O) groups is 2. The number of carbonyl (C=O) groups excluding carboxylic acids is 2. The van der Waals surface area contributed by atoms with Crippen LogP contribution in [0, 0.1) is 11.8 Å². The van der Waals surface area contributed by atoms with Crippen molar-refractivity contribution < 1.29 is 24.2 Å². The third kappa shape index (κ3) is 9.02. The maximum Gasteiger partial charge on any atom is 0.406 e. The SMILES string of the molecule is CNC[C@@H](NC(=O)N1CCC[C@@H](C(OCCNC(=O)OC)c2cccc(Cl)c2)C1)[C@H](O)C1CCCCC1. The molecule has 0 radical (unpaired) electrons. The van der Waals surface area contributed by atoms with Crippen molar-refractivity contribution in [3.63, 3.8) is 0 Å². The van der Waals surface area contributed by atoms with Crippen LogP contribution in [0.25, 0.3) is 0 Å². The number of hydrogen-bond donors (Lipinski definition) is 4. The molecule has 10 heteroatoms. The maximum absolute atomic E-state index is 13.4. The van der Waals surface area contributed by atoms with Gasteiger partial charge in [-0.2, -0.15) is 0 Å². The number of rotatable bonds is 11. The number of halogens is 1. The summed E-state index contributed by atoms with van der Waals surface area (Å²) in [6.45, 7) is 2.31. The number of likely N-dealkylation sites (tertiary alicyclic amines) is 1. The zero-order valence-corrected chi connectivity index (χ0v) is 22.8. The van der Waals surface area contributed by atoms with E-state index in [-0.39, 0.29) is 30.0 Å². The molecule has 2 aliphatic rings. The van der Waals surface area contributed by atoms with Gasteiger partial charge >= 0.3 is 12.1 Å². The van der Waals surface area contributed by atoms with Crippen molar-refractivity contribution in [2.24, 2.45) is 11.8 Å². The number of aliphatic hydroxyl groups excluding tert-OH is 1. The fourth-order valence-corrected chi connectivity index (χ4v) is 5.77. The highest BCUT2D eigenvalue weighted by Crippen LogP contribution is 2.34. The third-order valence-electron chi connectivity index (χ3n) is 7.48. The number of amides is 3. The highest BCUT2D eigenvalue weighted by Gasteiger charge is 2.34. The summed E-state index contributed by atoms with van der Waals surface area (Å²) in [5.41, 5.74) is 0.943. The normalized spacial score (nSPS) is 21.1. The van der Waals surface area contributed by atoms with Crippen LogP contribution in [-0.4, -0.2) is 81.2 Å². The molecule has 0 spiro atoms. The fraction of sp³-hybridized carbons (Fsp3) is 0.704. The molecule has 4 atom stereocenters. The first kappa shape index (κ1) is 29.5. The monoisotopic (exact) mass is 538 g/mol. The van der Waals surface area contributed by atoms with Gasteiger partial charge in [0.2, 0.25) is 0 Å². The lowest BCUT2D eigenvalue weighted by atomic mass is 9.82. The number of hydrogen-bond acceptors (Lipinski definition) is 6. The number of ether oxygens (including phenoxy) is 2. The molecule has 1 aliphatic heterocycles. The number of nitrogens with one attached hydrogen (secondary N) is 3. The molecular formula is C27H43ClN4O5. The van der Waals surface area contributed by atoms with E-state index in [1.54, 1.807) is 0 Å². The summed E-state index contributed by atoms with van der Waals surface area (Å²) in [6, 6.07) is 7.08. The summed E-state index contributed by atoms with van der Waals surface area (Å²) in [4.78, 5) is 26.6. The Bertz CT molecular complexity index is 854. The molecule has 1 aromatic rings. The molecular weight excluding hydrogens is 496 g/mol. The second-order valence-electron chi connectivity index (χ2n) is 10.1. The fourth-order valence-electron chi connectivity index (χ4n) is 5.57. The van der Waals surface area contributed by atoms with Crippen LogP contribution in [0.1, 0.15) is 56.6 Å². The summed E-state index contributed by atoms with van der Waals surface area (Å²) in [6.07, 6.45) is 5.89. The van der Waals surface area contributed by atoms with E-state index in [0.29, 0.717) is 37.8 Å². The van der Waals surface area contributed by atoms with E-state index >= 15 is 0 Å². The van der Waals surface area contributed by atoms with Crippen molar-refractivity contribution in [1.29, 1.82) is 0 Å². The van der Waals surface area contributed by atoms with Crippen LogP contribution in [0.5, 0.6) is 0 Å². The van der Waals surface area contributed by atoms with Gasteiger partial charge in [0.1, 0.15) is 0 Å². The Balaban J connectivity index is 1.65. The summed E-state index contributed by atoms with van der Waals surface area (Å²) >= 11 is 6.28. The van der Waals surface area contributed by atoms with Crippen LogP contribution < -0.4 is 16.0 Å². The molecule has 1 heterocycles. The number of aliphatic hydroxyl groups is 1. The second kappa shape index (κ2) is 15.4. The van der Waals surface area contributed by atoms with Gasteiger partial charge in [-0.25, -0.2) is 9.59 Å². The maximum atomic E-state index is 13.4. The van der Waals surface area contributed by atoms with Gasteiger partial charge in [0.15, 0.2) is 0 Å². The predicted molar refractivity (Wildman–Crippen MR) is 144 cm³/mol. The van der Waals surface area contributed by atoms with E-state index in [2.05, 4.69) is 20.7 Å². The Morgan fingerprint density at radius 3 is 2.62 bits per heavy atom. The molecule has 3 amide bonds. The van der Waals surface area contributed by atoms with E-state index in [4.69, 9.17) is 16.3 Å². The Labute approximate surface area is 225 Å². The van der Waals surface area contributed by atoms with E-state index in [0.717, 1.165) is 44.1 Å². The van der Waals surface area contributed by atoms with Gasteiger partial charge in [-0.05, 0) is 56.3 Å². The molecule has 1 saturated heterocycles. The lowest BCUT2D eigenvalue weighted by molar-refractivity contribution is -0.00938. The molecule has 2 fully saturated rings. The van der Waals surface area contributed by atoms with Crippen LogP contribution in [0.3, 0.4) is 0 Å². The quantitative estimate of drug-likeness (QED) is 0.320. The molecule has 0 bridgehead atoms. The van der Waals surface area contributed by atoms with Crippen molar-refractivity contribution in [2.45, 2.75) is 63.2 Å². The summed E-state index contributed by atoms with van der Waals surface area (Å²) in [7, 11) is 3.16. The van der Waals surface area contributed by atoms with Crippen LogP contribution in [-0.2, 0) is 9.47 Å². The number of methoxy groups -OCH3 is 1. The minimum Gasteiger partial charge on any atom is -0.453 e. The molecule has 208 valence electrons. The highest BCUT2D eigenvalue weighted by molar-refractivity contribution is 6.30. The van der Waals surface area contributed by atoms with Gasteiger partial charge in [0.05, 0.1) is 32.0 Å². The molecule has 0 aromatic heterocycles. The molecule has 4 N–H and O–H groups in total. The zero-order chi connectivity index (χ0) is 26.6. The molecule has 1 unspecified atom stereocenters. The van der Waals surface area contributed by atoms with Crippen LogP contribution in [0.2, 0.25) is 5.02 Å². The summed E-state index contributed by atoms with van der Waals surface area (Å²) < 4.78 is 10.9. The van der Waals surface area contributed by atoms with E-state index in [1.807, 2.05) is 36.2 Å².